The molecule has 1 fully saturated rings. The van der Waals surface area contributed by atoms with Crippen molar-refractivity contribution in [3.8, 4) is 0 Å². The van der Waals surface area contributed by atoms with Gasteiger partial charge in [0.25, 0.3) is 0 Å². The lowest BCUT2D eigenvalue weighted by atomic mass is 9.77. The van der Waals surface area contributed by atoms with E-state index >= 15 is 0 Å². The van der Waals surface area contributed by atoms with Crippen molar-refractivity contribution in [2.24, 2.45) is 11.8 Å². The number of hydrogen-bond acceptors (Lipinski definition) is 2. The van der Waals surface area contributed by atoms with Gasteiger partial charge in [0.1, 0.15) is 0 Å². The van der Waals surface area contributed by atoms with Gasteiger partial charge < -0.3 is 4.74 Å². The molecule has 0 spiro atoms. The van der Waals surface area contributed by atoms with Gasteiger partial charge in [-0.25, -0.2) is 8.93 Å². The number of rotatable bonds is 10. The largest absolute Gasteiger partial charge is 0.377 e. The van der Waals surface area contributed by atoms with Crippen molar-refractivity contribution in [2.45, 2.75) is 76.7 Å². The highest BCUT2D eigenvalue weighted by atomic mass is 32.2. The van der Waals surface area contributed by atoms with Crippen LogP contribution in [0.4, 0.5) is 0 Å². The Hall–Kier alpha value is -0.970. The highest BCUT2D eigenvalue weighted by Gasteiger charge is 2.30. The van der Waals surface area contributed by atoms with Crippen LogP contribution in [-0.4, -0.2) is 21.6 Å². The molecule has 0 saturated heterocycles. The van der Waals surface area contributed by atoms with E-state index in [4.69, 9.17) is 4.74 Å². The van der Waals surface area contributed by atoms with Gasteiger partial charge in [0.2, 0.25) is 0 Å². The quantitative estimate of drug-likeness (QED) is 0.428. The molecule has 1 N–H and O–H groups in total. The summed E-state index contributed by atoms with van der Waals surface area (Å²) in [6.45, 7) is 11.5. The lowest BCUT2D eigenvalue weighted by molar-refractivity contribution is 0.0963. The molecule has 1 unspecified atom stereocenters. The summed E-state index contributed by atoms with van der Waals surface area (Å²) < 4.78 is 21.5. The second-order valence-corrected chi connectivity index (χ2v) is 10.7. The minimum Gasteiger partial charge on any atom is -0.377 e. The topological polar surface area (TPSA) is 38.3 Å². The van der Waals surface area contributed by atoms with E-state index in [2.05, 4.69) is 35.6 Å². The molecule has 1 aromatic rings. The number of nitrogens with one attached hydrogen (secondary N) is 1. The molecule has 0 aliphatic heterocycles. The zero-order chi connectivity index (χ0) is 19.7. The Labute approximate surface area is 168 Å². The highest BCUT2D eigenvalue weighted by Crippen LogP contribution is 2.34. The first kappa shape index (κ1) is 22.3. The van der Waals surface area contributed by atoms with Crippen LogP contribution in [-0.2, 0) is 22.3 Å². The Morgan fingerprint density at radius 2 is 1.89 bits per heavy atom. The van der Waals surface area contributed by atoms with E-state index in [0.29, 0.717) is 12.5 Å². The molecule has 3 nitrogen and oxygen atoms in total. The summed E-state index contributed by atoms with van der Waals surface area (Å²) in [5.41, 5.74) is 1.24. The molecule has 1 saturated carbocycles. The van der Waals surface area contributed by atoms with Crippen LogP contribution < -0.4 is 4.72 Å². The molecule has 0 heterocycles. The monoisotopic (exact) mass is 391 g/mol. The molecule has 0 amide bonds. The number of ether oxygens (including phenoxy) is 1. The van der Waals surface area contributed by atoms with E-state index in [0.717, 1.165) is 25.4 Å². The standard InChI is InChI=1S/C23H37NO2S/c1-5-9-22(24-27(25)23(2,3)4)21-14-12-19(13-15-21)16-17-26-18-20-10-7-6-8-11-20/h5-8,10-11,19,21-22,24H,1,9,12-18H2,2-4H3/t19?,21?,22?,27-/m1/s1. The van der Waals surface area contributed by atoms with Crippen LogP contribution in [0.5, 0.6) is 0 Å². The summed E-state index contributed by atoms with van der Waals surface area (Å²) in [6, 6.07) is 10.6. The van der Waals surface area contributed by atoms with Gasteiger partial charge in [-0.15, -0.1) is 6.58 Å². The molecule has 0 radical (unpaired) electrons. The lowest BCUT2D eigenvalue weighted by Gasteiger charge is -2.35. The van der Waals surface area contributed by atoms with Crippen LogP contribution >= 0.6 is 0 Å². The van der Waals surface area contributed by atoms with Crippen LogP contribution in [0.3, 0.4) is 0 Å². The minimum absolute atomic E-state index is 0.229. The van der Waals surface area contributed by atoms with Gasteiger partial charge in [-0.05, 0) is 63.9 Å². The average Bonchev–Trinajstić information content (AvgIpc) is 2.65. The Balaban J connectivity index is 1.70. The van der Waals surface area contributed by atoms with Gasteiger partial charge in [0.05, 0.1) is 22.3 Å². The van der Waals surface area contributed by atoms with Gasteiger partial charge in [-0.3, -0.25) is 0 Å². The van der Waals surface area contributed by atoms with E-state index in [1.54, 1.807) is 0 Å². The van der Waals surface area contributed by atoms with Crippen LogP contribution in [0.1, 0.15) is 64.9 Å². The maximum Gasteiger partial charge on any atom is 0.0972 e. The third-order valence-corrected chi connectivity index (χ3v) is 7.11. The van der Waals surface area contributed by atoms with Gasteiger partial charge in [0, 0.05) is 12.6 Å². The fourth-order valence-corrected chi connectivity index (χ4v) is 4.64. The Bertz CT molecular complexity index is 574. The molecule has 1 aliphatic rings. The minimum atomic E-state index is -1.02. The van der Waals surface area contributed by atoms with E-state index < -0.39 is 11.0 Å². The maximum atomic E-state index is 12.5. The van der Waals surface area contributed by atoms with Gasteiger partial charge >= 0.3 is 0 Å². The van der Waals surface area contributed by atoms with E-state index in [1.165, 1.54) is 31.2 Å². The highest BCUT2D eigenvalue weighted by molar-refractivity contribution is 7.84. The van der Waals surface area contributed by atoms with Crippen molar-refractivity contribution >= 4 is 11.0 Å². The zero-order valence-corrected chi connectivity index (χ0v) is 18.1. The summed E-state index contributed by atoms with van der Waals surface area (Å²) >= 11 is 0. The normalized spacial score (nSPS) is 22.9. The van der Waals surface area contributed by atoms with Crippen LogP contribution in [0.15, 0.2) is 43.0 Å². The number of hydrogen-bond donors (Lipinski definition) is 1. The lowest BCUT2D eigenvalue weighted by Crippen LogP contribution is -2.44. The average molecular weight is 392 g/mol. The summed E-state index contributed by atoms with van der Waals surface area (Å²) in [6.07, 6.45) is 8.89. The summed E-state index contributed by atoms with van der Waals surface area (Å²) in [5.74, 6) is 1.35. The summed E-state index contributed by atoms with van der Waals surface area (Å²) in [7, 11) is -1.02. The molecule has 4 heteroatoms. The van der Waals surface area contributed by atoms with Crippen molar-refractivity contribution < 1.29 is 8.95 Å². The summed E-state index contributed by atoms with van der Waals surface area (Å²) in [4.78, 5) is 0. The van der Waals surface area contributed by atoms with Crippen LogP contribution in [0.25, 0.3) is 0 Å². The van der Waals surface area contributed by atoms with Crippen molar-refractivity contribution in [2.75, 3.05) is 6.61 Å². The summed E-state index contributed by atoms with van der Waals surface area (Å²) in [5, 5.41) is 0. The molecule has 27 heavy (non-hydrogen) atoms. The zero-order valence-electron chi connectivity index (χ0n) is 17.3. The molecule has 2 atom stereocenters. The van der Waals surface area contributed by atoms with Gasteiger partial charge in [-0.2, -0.15) is 0 Å². The van der Waals surface area contributed by atoms with Crippen molar-refractivity contribution in [1.82, 2.24) is 4.72 Å². The molecule has 2 rings (SSSR count). The van der Waals surface area contributed by atoms with Crippen molar-refractivity contribution in [1.29, 1.82) is 0 Å². The second-order valence-electron chi connectivity index (χ2n) is 8.74. The van der Waals surface area contributed by atoms with Crippen molar-refractivity contribution in [3.05, 3.63) is 48.6 Å². The number of benzene rings is 1. The van der Waals surface area contributed by atoms with E-state index in [9.17, 15) is 4.21 Å². The van der Waals surface area contributed by atoms with Crippen molar-refractivity contribution in [3.63, 3.8) is 0 Å². The van der Waals surface area contributed by atoms with E-state index in [1.807, 2.05) is 32.9 Å². The Kier molecular flexibility index (Phi) is 9.20. The third-order valence-electron chi connectivity index (χ3n) is 5.48. The molecule has 0 aromatic heterocycles. The Morgan fingerprint density at radius 1 is 1.22 bits per heavy atom. The molecule has 1 aromatic carbocycles. The fourth-order valence-electron chi connectivity index (χ4n) is 3.72. The maximum absolute atomic E-state index is 12.5. The first-order chi connectivity index (χ1) is 12.9. The van der Waals surface area contributed by atoms with Gasteiger partial charge in [0.15, 0.2) is 0 Å². The molecule has 152 valence electrons. The fraction of sp³-hybridized carbons (Fsp3) is 0.652. The molecule has 1 aliphatic carbocycles. The molecular weight excluding hydrogens is 354 g/mol. The van der Waals surface area contributed by atoms with Gasteiger partial charge in [-0.1, -0.05) is 49.2 Å². The smallest absolute Gasteiger partial charge is 0.0972 e. The third kappa shape index (κ3) is 7.89. The van der Waals surface area contributed by atoms with E-state index in [-0.39, 0.29) is 10.8 Å². The predicted molar refractivity (Wildman–Crippen MR) is 116 cm³/mol. The Morgan fingerprint density at radius 3 is 2.48 bits per heavy atom. The molecule has 0 bridgehead atoms. The SMILES string of the molecule is C=CCC(N[S@](=O)C(C)(C)C)C1CCC(CCOCc2ccccc2)CC1. The van der Waals surface area contributed by atoms with Crippen LogP contribution in [0, 0.1) is 11.8 Å². The molecular formula is C23H37NO2S. The first-order valence-corrected chi connectivity index (χ1v) is 11.5. The first-order valence-electron chi connectivity index (χ1n) is 10.3. The van der Waals surface area contributed by atoms with Crippen LogP contribution in [0.2, 0.25) is 0 Å². The second kappa shape index (κ2) is 11.1. The predicted octanol–water partition coefficient (Wildman–Crippen LogP) is 5.40.